The second-order valence-corrected chi connectivity index (χ2v) is 4.65. The molecular formula is C12H23Cl2N5O2. The second kappa shape index (κ2) is 9.94. The highest BCUT2D eigenvalue weighted by molar-refractivity contribution is 5.85. The monoisotopic (exact) mass is 339 g/mol. The Morgan fingerprint density at radius 3 is 2.48 bits per heavy atom. The van der Waals surface area contributed by atoms with Crippen molar-refractivity contribution in [3.05, 3.63) is 11.7 Å². The van der Waals surface area contributed by atoms with Crippen LogP contribution in [0.15, 0.2) is 4.52 Å². The molecule has 0 atom stereocenters. The molecule has 1 fully saturated rings. The van der Waals surface area contributed by atoms with Crippen LogP contribution in [0.5, 0.6) is 0 Å². The Morgan fingerprint density at radius 1 is 1.29 bits per heavy atom. The lowest BCUT2D eigenvalue weighted by atomic mass is 10.2. The third-order valence-corrected chi connectivity index (χ3v) is 3.26. The standard InChI is InChI=1S/C12H21N5O2.2ClH/c1-2-11-14-10(15-19-11)9-16-5-7-17(8-6-16)12(18)3-4-13;;/h2-9,13H2,1H3;2*1H. The zero-order valence-electron chi connectivity index (χ0n) is 12.2. The van der Waals surface area contributed by atoms with Crippen LogP contribution in [0.2, 0.25) is 0 Å². The van der Waals surface area contributed by atoms with Gasteiger partial charge in [0, 0.05) is 45.6 Å². The summed E-state index contributed by atoms with van der Waals surface area (Å²) in [6.07, 6.45) is 1.19. The number of carbonyl (C=O) groups excluding carboxylic acids is 1. The molecular weight excluding hydrogens is 317 g/mol. The van der Waals surface area contributed by atoms with Gasteiger partial charge in [-0.2, -0.15) is 4.98 Å². The summed E-state index contributed by atoms with van der Waals surface area (Å²) in [6, 6.07) is 0. The number of halogens is 2. The number of hydrogen-bond acceptors (Lipinski definition) is 6. The molecule has 1 aromatic rings. The fraction of sp³-hybridized carbons (Fsp3) is 0.750. The van der Waals surface area contributed by atoms with Crippen molar-refractivity contribution in [3.63, 3.8) is 0 Å². The van der Waals surface area contributed by atoms with Crippen molar-refractivity contribution in [2.75, 3.05) is 32.7 Å². The zero-order chi connectivity index (χ0) is 13.7. The maximum Gasteiger partial charge on any atom is 0.226 e. The van der Waals surface area contributed by atoms with Gasteiger partial charge in [0.05, 0.1) is 6.54 Å². The molecule has 0 spiro atoms. The molecule has 21 heavy (non-hydrogen) atoms. The minimum atomic E-state index is 0. The summed E-state index contributed by atoms with van der Waals surface area (Å²) in [4.78, 5) is 20.1. The van der Waals surface area contributed by atoms with Crippen LogP contribution in [-0.2, 0) is 17.8 Å². The van der Waals surface area contributed by atoms with Gasteiger partial charge < -0.3 is 15.2 Å². The van der Waals surface area contributed by atoms with Gasteiger partial charge in [0.25, 0.3) is 0 Å². The Labute approximate surface area is 137 Å². The number of rotatable bonds is 5. The van der Waals surface area contributed by atoms with Crippen molar-refractivity contribution >= 4 is 30.7 Å². The molecule has 1 saturated heterocycles. The Morgan fingerprint density at radius 2 is 1.95 bits per heavy atom. The van der Waals surface area contributed by atoms with Gasteiger partial charge in [0.15, 0.2) is 5.82 Å². The average molecular weight is 340 g/mol. The van der Waals surface area contributed by atoms with Crippen LogP contribution < -0.4 is 5.73 Å². The molecule has 0 aliphatic carbocycles. The normalized spacial score (nSPS) is 15.2. The highest BCUT2D eigenvalue weighted by Crippen LogP contribution is 2.07. The number of aromatic nitrogens is 2. The van der Waals surface area contributed by atoms with Crippen molar-refractivity contribution in [1.82, 2.24) is 19.9 Å². The number of piperazine rings is 1. The maximum atomic E-state index is 11.7. The first-order valence-corrected chi connectivity index (χ1v) is 6.74. The van der Waals surface area contributed by atoms with E-state index < -0.39 is 0 Å². The molecule has 0 bridgehead atoms. The fourth-order valence-electron chi connectivity index (χ4n) is 2.13. The molecule has 0 saturated carbocycles. The molecule has 0 unspecified atom stereocenters. The summed E-state index contributed by atoms with van der Waals surface area (Å²) in [5.41, 5.74) is 5.40. The Kier molecular flexibility index (Phi) is 9.52. The van der Waals surface area contributed by atoms with E-state index in [0.29, 0.717) is 25.4 Å². The molecule has 7 nitrogen and oxygen atoms in total. The molecule has 122 valence electrons. The molecule has 2 heterocycles. The first-order valence-electron chi connectivity index (χ1n) is 6.74. The largest absolute Gasteiger partial charge is 0.340 e. The van der Waals surface area contributed by atoms with Gasteiger partial charge in [-0.1, -0.05) is 12.1 Å². The number of nitrogens with zero attached hydrogens (tertiary/aromatic N) is 4. The lowest BCUT2D eigenvalue weighted by Crippen LogP contribution is -2.48. The third kappa shape index (κ3) is 5.78. The number of hydrogen-bond donors (Lipinski definition) is 1. The minimum absolute atomic E-state index is 0. The van der Waals surface area contributed by atoms with Crippen LogP contribution in [0.1, 0.15) is 25.1 Å². The van der Waals surface area contributed by atoms with Crippen LogP contribution >= 0.6 is 24.8 Å². The Bertz CT molecular complexity index is 422. The van der Waals surface area contributed by atoms with Gasteiger partial charge >= 0.3 is 0 Å². The lowest BCUT2D eigenvalue weighted by Gasteiger charge is -2.34. The summed E-state index contributed by atoms with van der Waals surface area (Å²) >= 11 is 0. The van der Waals surface area contributed by atoms with Gasteiger partial charge in [-0.3, -0.25) is 9.69 Å². The molecule has 1 aliphatic heterocycles. The molecule has 1 amide bonds. The van der Waals surface area contributed by atoms with E-state index in [-0.39, 0.29) is 30.7 Å². The highest BCUT2D eigenvalue weighted by Gasteiger charge is 2.21. The van der Waals surface area contributed by atoms with E-state index in [1.54, 1.807) is 0 Å². The van der Waals surface area contributed by atoms with Crippen LogP contribution in [0.25, 0.3) is 0 Å². The SMILES string of the molecule is CCc1nc(CN2CCN(C(=O)CCN)CC2)no1.Cl.Cl. The fourth-order valence-corrected chi connectivity index (χ4v) is 2.13. The van der Waals surface area contributed by atoms with E-state index >= 15 is 0 Å². The van der Waals surface area contributed by atoms with Crippen molar-refractivity contribution < 1.29 is 9.32 Å². The Balaban J connectivity index is 0.00000200. The van der Waals surface area contributed by atoms with Gasteiger partial charge in [-0.05, 0) is 0 Å². The second-order valence-electron chi connectivity index (χ2n) is 4.65. The average Bonchev–Trinajstić information content (AvgIpc) is 2.87. The number of nitrogens with two attached hydrogens (primary N) is 1. The summed E-state index contributed by atoms with van der Waals surface area (Å²) in [7, 11) is 0. The third-order valence-electron chi connectivity index (χ3n) is 3.26. The topological polar surface area (TPSA) is 88.5 Å². The summed E-state index contributed by atoms with van der Waals surface area (Å²) < 4.78 is 5.08. The maximum absolute atomic E-state index is 11.7. The van der Waals surface area contributed by atoms with E-state index in [1.807, 2.05) is 11.8 Å². The summed E-state index contributed by atoms with van der Waals surface area (Å²) in [5, 5.41) is 3.94. The molecule has 2 rings (SSSR count). The van der Waals surface area contributed by atoms with Gasteiger partial charge in [-0.25, -0.2) is 0 Å². The molecule has 1 aliphatic rings. The van der Waals surface area contributed by atoms with Crippen molar-refractivity contribution in [2.24, 2.45) is 5.73 Å². The smallest absolute Gasteiger partial charge is 0.226 e. The highest BCUT2D eigenvalue weighted by atomic mass is 35.5. The van der Waals surface area contributed by atoms with Crippen molar-refractivity contribution in [2.45, 2.75) is 26.3 Å². The molecule has 0 radical (unpaired) electrons. The molecule has 2 N–H and O–H groups in total. The van der Waals surface area contributed by atoms with E-state index in [2.05, 4.69) is 15.0 Å². The van der Waals surface area contributed by atoms with Crippen LogP contribution in [0, 0.1) is 0 Å². The molecule has 0 aromatic carbocycles. The summed E-state index contributed by atoms with van der Waals surface area (Å²) in [5.74, 6) is 1.54. The lowest BCUT2D eigenvalue weighted by molar-refractivity contribution is -0.132. The number of amides is 1. The van der Waals surface area contributed by atoms with Crippen LogP contribution in [0.4, 0.5) is 0 Å². The molecule has 9 heteroatoms. The van der Waals surface area contributed by atoms with E-state index in [1.165, 1.54) is 0 Å². The van der Waals surface area contributed by atoms with Gasteiger partial charge in [-0.15, -0.1) is 24.8 Å². The van der Waals surface area contributed by atoms with Crippen molar-refractivity contribution in [3.8, 4) is 0 Å². The minimum Gasteiger partial charge on any atom is -0.340 e. The van der Waals surface area contributed by atoms with Crippen LogP contribution in [-0.4, -0.2) is 58.6 Å². The predicted octanol–water partition coefficient (Wildman–Crippen LogP) is 0.469. The Hall–Kier alpha value is -0.890. The van der Waals surface area contributed by atoms with Crippen LogP contribution in [0.3, 0.4) is 0 Å². The van der Waals surface area contributed by atoms with Gasteiger partial charge in [0.2, 0.25) is 11.8 Å². The molecule has 1 aromatic heterocycles. The first-order chi connectivity index (χ1) is 9.22. The zero-order valence-corrected chi connectivity index (χ0v) is 13.8. The van der Waals surface area contributed by atoms with E-state index in [4.69, 9.17) is 10.3 Å². The van der Waals surface area contributed by atoms with E-state index in [9.17, 15) is 4.79 Å². The predicted molar refractivity (Wildman–Crippen MR) is 83.7 cm³/mol. The number of aryl methyl sites for hydroxylation is 1. The van der Waals surface area contributed by atoms with Crippen molar-refractivity contribution in [1.29, 1.82) is 0 Å². The quantitative estimate of drug-likeness (QED) is 0.838. The summed E-state index contributed by atoms with van der Waals surface area (Å²) in [6.45, 7) is 6.26. The first kappa shape index (κ1) is 20.1. The number of carbonyl (C=O) groups is 1. The van der Waals surface area contributed by atoms with Gasteiger partial charge in [0.1, 0.15) is 0 Å². The van der Waals surface area contributed by atoms with E-state index in [0.717, 1.165) is 38.4 Å².